The molecule has 3 heteroatoms. The molecular weight excluding hydrogens is 260 g/mol. The lowest BCUT2D eigenvalue weighted by Gasteiger charge is -2.65. The van der Waals surface area contributed by atoms with Gasteiger partial charge in [-0.25, -0.2) is 0 Å². The molecule has 4 aliphatic rings. The smallest absolute Gasteiger partial charge is 0.220 e. The topological polar surface area (TPSA) is 52.9 Å². The molecule has 0 aliphatic heterocycles. The lowest BCUT2D eigenvalue weighted by atomic mass is 9.40. The van der Waals surface area contributed by atoms with Gasteiger partial charge in [0.1, 0.15) is 0 Å². The van der Waals surface area contributed by atoms with E-state index in [1.54, 1.807) is 0 Å². The first-order chi connectivity index (χ1) is 9.86. The number of nitriles is 1. The summed E-state index contributed by atoms with van der Waals surface area (Å²) in [5, 5.41) is 11.6. The largest absolute Gasteiger partial charge is 0.356 e. The molecule has 3 nitrogen and oxygen atoms in total. The molecule has 0 spiro atoms. The molecule has 4 fully saturated rings. The Kier molecular flexibility index (Phi) is 3.55. The normalized spacial score (nSPS) is 43.6. The number of carbonyl (C=O) groups excluding carboxylic acids is 1. The first-order valence-electron chi connectivity index (χ1n) is 8.50. The summed E-state index contributed by atoms with van der Waals surface area (Å²) in [6.45, 7) is 5.56. The zero-order chi connectivity index (χ0) is 15.1. The van der Waals surface area contributed by atoms with E-state index >= 15 is 0 Å². The van der Waals surface area contributed by atoms with Crippen LogP contribution in [0.2, 0.25) is 0 Å². The summed E-state index contributed by atoms with van der Waals surface area (Å²) in [5.41, 5.74) is 1.23. The van der Waals surface area contributed by atoms with Gasteiger partial charge in [0.2, 0.25) is 5.91 Å². The molecule has 1 amide bonds. The Labute approximate surface area is 128 Å². The second kappa shape index (κ2) is 5.00. The molecule has 0 aromatic rings. The zero-order valence-electron chi connectivity index (χ0n) is 13.5. The van der Waals surface area contributed by atoms with Crippen LogP contribution < -0.4 is 5.32 Å². The summed E-state index contributed by atoms with van der Waals surface area (Å²) in [7, 11) is 0. The maximum atomic E-state index is 12.3. The number of nitrogens with one attached hydrogen (secondary N) is 1. The van der Waals surface area contributed by atoms with E-state index in [-0.39, 0.29) is 11.3 Å². The standard InChI is InChI=1S/C18H28N2O/c1-16-7-14-8-17(2,11-16)13-18(9-14,12-16)10-15(21)20-6-4-3-5-19/h14H,3-4,6-13H2,1-2H3,(H,20,21). The number of unbranched alkanes of at least 4 members (excludes halogenated alkanes) is 1. The van der Waals surface area contributed by atoms with Crippen LogP contribution in [0.5, 0.6) is 0 Å². The van der Waals surface area contributed by atoms with Gasteiger partial charge in [-0.15, -0.1) is 0 Å². The van der Waals surface area contributed by atoms with Crippen molar-refractivity contribution >= 4 is 5.91 Å². The van der Waals surface area contributed by atoms with Crippen LogP contribution in [-0.4, -0.2) is 12.5 Å². The monoisotopic (exact) mass is 288 g/mol. The Morgan fingerprint density at radius 2 is 1.86 bits per heavy atom. The molecule has 2 unspecified atom stereocenters. The van der Waals surface area contributed by atoms with Gasteiger partial charge in [0.25, 0.3) is 0 Å². The SMILES string of the molecule is CC12CC3CC(C)(C1)CC(CC(=O)NCCCC#N)(C3)C2. The highest BCUT2D eigenvalue weighted by molar-refractivity contribution is 5.76. The van der Waals surface area contributed by atoms with Gasteiger partial charge in [0.15, 0.2) is 0 Å². The van der Waals surface area contributed by atoms with Crippen molar-refractivity contribution in [1.82, 2.24) is 5.32 Å². The Morgan fingerprint density at radius 3 is 2.43 bits per heavy atom. The van der Waals surface area contributed by atoms with Gasteiger partial charge in [-0.2, -0.15) is 5.26 Å². The molecule has 0 aromatic heterocycles. The Morgan fingerprint density at radius 1 is 1.19 bits per heavy atom. The van der Waals surface area contributed by atoms with Gasteiger partial charge in [0, 0.05) is 19.4 Å². The number of amides is 1. The fourth-order valence-electron chi connectivity index (χ4n) is 6.68. The van der Waals surface area contributed by atoms with Crippen LogP contribution in [0, 0.1) is 33.5 Å². The van der Waals surface area contributed by atoms with E-state index in [1.165, 1.54) is 38.5 Å². The Hall–Kier alpha value is -1.04. The van der Waals surface area contributed by atoms with Crippen LogP contribution in [-0.2, 0) is 4.79 Å². The number of hydrogen-bond acceptors (Lipinski definition) is 2. The molecule has 4 aliphatic carbocycles. The van der Waals surface area contributed by atoms with E-state index in [0.717, 1.165) is 12.3 Å². The summed E-state index contributed by atoms with van der Waals surface area (Å²) < 4.78 is 0. The minimum absolute atomic E-state index is 0.210. The summed E-state index contributed by atoms with van der Waals surface area (Å²) >= 11 is 0. The van der Waals surface area contributed by atoms with Gasteiger partial charge < -0.3 is 5.32 Å². The lowest BCUT2D eigenvalue weighted by molar-refractivity contribution is -0.156. The van der Waals surface area contributed by atoms with Crippen LogP contribution >= 0.6 is 0 Å². The van der Waals surface area contributed by atoms with E-state index in [1.807, 2.05) is 0 Å². The van der Waals surface area contributed by atoms with E-state index in [4.69, 9.17) is 5.26 Å². The molecule has 1 N–H and O–H groups in total. The predicted molar refractivity (Wildman–Crippen MR) is 82.3 cm³/mol. The predicted octanol–water partition coefficient (Wildman–Crippen LogP) is 3.79. The van der Waals surface area contributed by atoms with Crippen molar-refractivity contribution in [1.29, 1.82) is 5.26 Å². The van der Waals surface area contributed by atoms with Gasteiger partial charge in [-0.3, -0.25) is 4.79 Å². The first-order valence-corrected chi connectivity index (χ1v) is 8.50. The second-order valence-corrected chi connectivity index (χ2v) is 8.92. The van der Waals surface area contributed by atoms with Crippen LogP contribution in [0.1, 0.15) is 71.6 Å². The van der Waals surface area contributed by atoms with Crippen molar-refractivity contribution in [2.75, 3.05) is 6.54 Å². The van der Waals surface area contributed by atoms with Crippen molar-refractivity contribution in [3.05, 3.63) is 0 Å². The Bertz CT molecular complexity index is 460. The third-order valence-electron chi connectivity index (χ3n) is 6.06. The van der Waals surface area contributed by atoms with Crippen molar-refractivity contribution in [3.8, 4) is 6.07 Å². The zero-order valence-corrected chi connectivity index (χ0v) is 13.5. The molecule has 0 radical (unpaired) electrons. The minimum atomic E-state index is 0.210. The lowest BCUT2D eigenvalue weighted by Crippen LogP contribution is -2.56. The quantitative estimate of drug-likeness (QED) is 0.782. The summed E-state index contributed by atoms with van der Waals surface area (Å²) in [6, 6.07) is 2.13. The van der Waals surface area contributed by atoms with Gasteiger partial charge in [-0.05, 0) is 67.1 Å². The summed E-state index contributed by atoms with van der Waals surface area (Å²) in [4.78, 5) is 12.3. The molecule has 2 atom stereocenters. The van der Waals surface area contributed by atoms with Crippen LogP contribution in [0.4, 0.5) is 0 Å². The molecule has 4 rings (SSSR count). The number of nitrogens with zero attached hydrogens (tertiary/aromatic N) is 1. The molecule has 116 valence electrons. The van der Waals surface area contributed by atoms with Gasteiger partial charge in [0.05, 0.1) is 6.07 Å². The van der Waals surface area contributed by atoms with E-state index in [2.05, 4.69) is 25.2 Å². The molecular formula is C18H28N2O. The highest BCUT2D eigenvalue weighted by atomic mass is 16.1. The van der Waals surface area contributed by atoms with Crippen molar-refractivity contribution in [3.63, 3.8) is 0 Å². The molecule has 4 saturated carbocycles. The van der Waals surface area contributed by atoms with Gasteiger partial charge in [-0.1, -0.05) is 13.8 Å². The molecule has 21 heavy (non-hydrogen) atoms. The van der Waals surface area contributed by atoms with Gasteiger partial charge >= 0.3 is 0 Å². The average molecular weight is 288 g/mol. The van der Waals surface area contributed by atoms with E-state index < -0.39 is 0 Å². The Balaban J connectivity index is 1.62. The van der Waals surface area contributed by atoms with Crippen LogP contribution in [0.25, 0.3) is 0 Å². The molecule has 4 bridgehead atoms. The third-order valence-corrected chi connectivity index (χ3v) is 6.06. The number of hydrogen-bond donors (Lipinski definition) is 1. The average Bonchev–Trinajstić information content (AvgIpc) is 2.29. The van der Waals surface area contributed by atoms with E-state index in [9.17, 15) is 4.79 Å². The molecule has 0 saturated heterocycles. The van der Waals surface area contributed by atoms with Crippen LogP contribution in [0.3, 0.4) is 0 Å². The van der Waals surface area contributed by atoms with E-state index in [0.29, 0.717) is 30.2 Å². The fourth-order valence-corrected chi connectivity index (χ4v) is 6.68. The minimum Gasteiger partial charge on any atom is -0.356 e. The first kappa shape index (κ1) is 14.9. The number of carbonyl (C=O) groups is 1. The van der Waals surface area contributed by atoms with Crippen LogP contribution in [0.15, 0.2) is 0 Å². The van der Waals surface area contributed by atoms with Crippen molar-refractivity contribution < 1.29 is 4.79 Å². The third kappa shape index (κ3) is 2.96. The maximum Gasteiger partial charge on any atom is 0.220 e. The van der Waals surface area contributed by atoms with Crippen molar-refractivity contribution in [2.24, 2.45) is 22.2 Å². The highest BCUT2D eigenvalue weighted by Crippen LogP contribution is 2.70. The summed E-state index contributed by atoms with van der Waals surface area (Å²) in [5.74, 6) is 1.06. The molecule has 0 aromatic carbocycles. The maximum absolute atomic E-state index is 12.3. The van der Waals surface area contributed by atoms with Crippen molar-refractivity contribution in [2.45, 2.75) is 71.6 Å². The number of rotatable bonds is 5. The summed E-state index contributed by atoms with van der Waals surface area (Å²) in [6.07, 6.45) is 9.90. The highest BCUT2D eigenvalue weighted by Gasteiger charge is 2.60. The second-order valence-electron chi connectivity index (χ2n) is 8.92. The fraction of sp³-hybridized carbons (Fsp3) is 0.889. The molecule has 0 heterocycles.